The van der Waals surface area contributed by atoms with Gasteiger partial charge in [-0.2, -0.15) is 0 Å². The van der Waals surface area contributed by atoms with Crippen LogP contribution in [-0.4, -0.2) is 25.8 Å². The third-order valence-electron chi connectivity index (χ3n) is 5.85. The summed E-state index contributed by atoms with van der Waals surface area (Å²) < 4.78 is 6.24. The maximum atomic E-state index is 6.24. The van der Waals surface area contributed by atoms with E-state index in [1.807, 2.05) is 0 Å². The highest BCUT2D eigenvalue weighted by Crippen LogP contribution is 2.54. The molecule has 0 radical (unpaired) electrons. The van der Waals surface area contributed by atoms with Crippen molar-refractivity contribution in [3.63, 3.8) is 0 Å². The van der Waals surface area contributed by atoms with Gasteiger partial charge in [0.1, 0.15) is 0 Å². The standard InChI is InChI=1S/C17H31NO/c1-2-18-13-17(15-7-5-3-4-6-8-15)11-12-19-16(17)14-9-10-14/h14-16,18H,2-13H2,1H3. The van der Waals surface area contributed by atoms with Gasteiger partial charge in [-0.15, -0.1) is 0 Å². The summed E-state index contributed by atoms with van der Waals surface area (Å²) in [5, 5.41) is 3.68. The first kappa shape index (κ1) is 13.9. The van der Waals surface area contributed by atoms with E-state index < -0.39 is 0 Å². The van der Waals surface area contributed by atoms with Crippen LogP contribution in [0.5, 0.6) is 0 Å². The van der Waals surface area contributed by atoms with Crippen LogP contribution in [0.2, 0.25) is 0 Å². The van der Waals surface area contributed by atoms with E-state index in [2.05, 4.69) is 12.2 Å². The summed E-state index contributed by atoms with van der Waals surface area (Å²) in [6, 6.07) is 0. The zero-order chi connectivity index (χ0) is 13.1. The van der Waals surface area contributed by atoms with Crippen molar-refractivity contribution < 1.29 is 4.74 Å². The Labute approximate surface area is 118 Å². The molecule has 2 saturated carbocycles. The van der Waals surface area contributed by atoms with Crippen molar-refractivity contribution in [3.8, 4) is 0 Å². The van der Waals surface area contributed by atoms with Crippen LogP contribution in [0, 0.1) is 17.3 Å². The molecular weight excluding hydrogens is 234 g/mol. The molecule has 2 aliphatic carbocycles. The van der Waals surface area contributed by atoms with E-state index in [-0.39, 0.29) is 0 Å². The maximum Gasteiger partial charge on any atom is 0.0675 e. The number of nitrogens with one attached hydrogen (secondary N) is 1. The van der Waals surface area contributed by atoms with Crippen molar-refractivity contribution in [2.75, 3.05) is 19.7 Å². The van der Waals surface area contributed by atoms with Crippen LogP contribution < -0.4 is 5.32 Å². The van der Waals surface area contributed by atoms with Gasteiger partial charge in [-0.25, -0.2) is 0 Å². The molecule has 0 aromatic rings. The molecule has 1 aliphatic heterocycles. The highest BCUT2D eigenvalue weighted by Gasteiger charge is 2.54. The number of hydrogen-bond acceptors (Lipinski definition) is 2. The van der Waals surface area contributed by atoms with Crippen LogP contribution >= 0.6 is 0 Å². The van der Waals surface area contributed by atoms with Crippen molar-refractivity contribution in [1.29, 1.82) is 0 Å². The van der Waals surface area contributed by atoms with Gasteiger partial charge in [0.2, 0.25) is 0 Å². The van der Waals surface area contributed by atoms with E-state index in [4.69, 9.17) is 4.74 Å². The molecule has 0 aromatic heterocycles. The van der Waals surface area contributed by atoms with Crippen molar-refractivity contribution in [2.24, 2.45) is 17.3 Å². The molecule has 19 heavy (non-hydrogen) atoms. The number of ether oxygens (including phenoxy) is 1. The van der Waals surface area contributed by atoms with Gasteiger partial charge in [-0.05, 0) is 50.5 Å². The van der Waals surface area contributed by atoms with Crippen molar-refractivity contribution >= 4 is 0 Å². The Morgan fingerprint density at radius 3 is 2.42 bits per heavy atom. The molecule has 2 unspecified atom stereocenters. The zero-order valence-corrected chi connectivity index (χ0v) is 12.6. The lowest BCUT2D eigenvalue weighted by Gasteiger charge is -2.41. The van der Waals surface area contributed by atoms with Crippen molar-refractivity contribution in [1.82, 2.24) is 5.32 Å². The quantitative estimate of drug-likeness (QED) is 0.764. The lowest BCUT2D eigenvalue weighted by atomic mass is 9.66. The second-order valence-electron chi connectivity index (χ2n) is 7.08. The lowest BCUT2D eigenvalue weighted by molar-refractivity contribution is -0.00503. The second-order valence-corrected chi connectivity index (χ2v) is 7.08. The molecule has 0 aromatic carbocycles. The molecule has 3 rings (SSSR count). The van der Waals surface area contributed by atoms with Gasteiger partial charge < -0.3 is 10.1 Å². The predicted octanol–water partition coefficient (Wildman–Crippen LogP) is 3.75. The minimum absolute atomic E-state index is 0.474. The molecule has 1 saturated heterocycles. The first-order valence-electron chi connectivity index (χ1n) is 8.69. The summed E-state index contributed by atoms with van der Waals surface area (Å²) in [5.74, 6) is 1.81. The van der Waals surface area contributed by atoms with Gasteiger partial charge in [-0.1, -0.05) is 32.6 Å². The van der Waals surface area contributed by atoms with Crippen LogP contribution in [-0.2, 0) is 4.74 Å². The van der Waals surface area contributed by atoms with E-state index in [9.17, 15) is 0 Å². The Morgan fingerprint density at radius 2 is 1.79 bits per heavy atom. The molecule has 110 valence electrons. The molecule has 0 spiro atoms. The van der Waals surface area contributed by atoms with Gasteiger partial charge in [0.15, 0.2) is 0 Å². The maximum absolute atomic E-state index is 6.24. The molecule has 2 heteroatoms. The fraction of sp³-hybridized carbons (Fsp3) is 1.00. The molecule has 3 aliphatic rings. The smallest absolute Gasteiger partial charge is 0.0675 e. The molecular formula is C17H31NO. The largest absolute Gasteiger partial charge is 0.377 e. The van der Waals surface area contributed by atoms with E-state index in [1.165, 1.54) is 64.3 Å². The molecule has 2 atom stereocenters. The highest BCUT2D eigenvalue weighted by atomic mass is 16.5. The second kappa shape index (κ2) is 6.13. The van der Waals surface area contributed by atoms with Crippen LogP contribution in [0.25, 0.3) is 0 Å². The summed E-state index contributed by atoms with van der Waals surface area (Å²) in [6.45, 7) is 5.56. The number of hydrogen-bond donors (Lipinski definition) is 1. The van der Waals surface area contributed by atoms with Crippen molar-refractivity contribution in [2.45, 2.75) is 70.8 Å². The molecule has 0 bridgehead atoms. The van der Waals surface area contributed by atoms with Crippen LogP contribution in [0.4, 0.5) is 0 Å². The molecule has 2 nitrogen and oxygen atoms in total. The molecule has 3 fully saturated rings. The van der Waals surface area contributed by atoms with Gasteiger partial charge in [0.25, 0.3) is 0 Å². The Balaban J connectivity index is 1.77. The first-order chi connectivity index (χ1) is 9.37. The van der Waals surface area contributed by atoms with Crippen LogP contribution in [0.1, 0.15) is 64.7 Å². The highest BCUT2D eigenvalue weighted by molar-refractivity contribution is 5.04. The summed E-state index contributed by atoms with van der Waals surface area (Å²) in [7, 11) is 0. The van der Waals surface area contributed by atoms with E-state index in [1.54, 1.807) is 0 Å². The fourth-order valence-electron chi connectivity index (χ4n) is 4.67. The summed E-state index contributed by atoms with van der Waals surface area (Å²) in [6.07, 6.45) is 13.5. The average molecular weight is 265 g/mol. The summed E-state index contributed by atoms with van der Waals surface area (Å²) in [4.78, 5) is 0. The normalized spacial score (nSPS) is 37.4. The number of rotatable bonds is 5. The van der Waals surface area contributed by atoms with Gasteiger partial charge >= 0.3 is 0 Å². The lowest BCUT2D eigenvalue weighted by Crippen LogP contribution is -2.47. The van der Waals surface area contributed by atoms with Crippen LogP contribution in [0.15, 0.2) is 0 Å². The van der Waals surface area contributed by atoms with Crippen LogP contribution in [0.3, 0.4) is 0 Å². The third kappa shape index (κ3) is 2.85. The van der Waals surface area contributed by atoms with Gasteiger partial charge in [0, 0.05) is 18.6 Å². The Hall–Kier alpha value is -0.0800. The zero-order valence-electron chi connectivity index (χ0n) is 12.6. The third-order valence-corrected chi connectivity index (χ3v) is 5.85. The summed E-state index contributed by atoms with van der Waals surface area (Å²) >= 11 is 0. The van der Waals surface area contributed by atoms with Crippen molar-refractivity contribution in [3.05, 3.63) is 0 Å². The van der Waals surface area contributed by atoms with E-state index in [0.717, 1.165) is 25.0 Å². The minimum Gasteiger partial charge on any atom is -0.377 e. The predicted molar refractivity (Wildman–Crippen MR) is 79.2 cm³/mol. The molecule has 1 heterocycles. The van der Waals surface area contributed by atoms with Gasteiger partial charge in [0.05, 0.1) is 6.10 Å². The fourth-order valence-corrected chi connectivity index (χ4v) is 4.67. The molecule has 0 amide bonds. The Bertz CT molecular complexity index is 281. The summed E-state index contributed by atoms with van der Waals surface area (Å²) in [5.41, 5.74) is 0.474. The molecule has 1 N–H and O–H groups in total. The topological polar surface area (TPSA) is 21.3 Å². The van der Waals surface area contributed by atoms with Gasteiger partial charge in [-0.3, -0.25) is 0 Å². The average Bonchev–Trinajstić information content (AvgIpc) is 3.22. The monoisotopic (exact) mass is 265 g/mol. The Kier molecular flexibility index (Phi) is 4.48. The van der Waals surface area contributed by atoms with E-state index >= 15 is 0 Å². The first-order valence-corrected chi connectivity index (χ1v) is 8.69. The minimum atomic E-state index is 0.474. The SMILES string of the molecule is CCNCC1(C2CCCCCC2)CCOC1C1CC1. The van der Waals surface area contributed by atoms with E-state index in [0.29, 0.717) is 11.5 Å². The Morgan fingerprint density at radius 1 is 1.05 bits per heavy atom.